The zero-order valence-corrected chi connectivity index (χ0v) is 17.3. The van der Waals surface area contributed by atoms with Crippen LogP contribution in [-0.2, 0) is 4.79 Å². The van der Waals surface area contributed by atoms with E-state index in [0.29, 0.717) is 40.4 Å². The van der Waals surface area contributed by atoms with E-state index in [-0.39, 0.29) is 36.3 Å². The topological polar surface area (TPSA) is 66.6 Å². The number of hydrogen-bond acceptors (Lipinski definition) is 3. The number of nitrogens with zero attached hydrogens (tertiary/aromatic N) is 2. The first-order valence-electron chi connectivity index (χ1n) is 9.26. The van der Waals surface area contributed by atoms with E-state index in [4.69, 9.17) is 28.9 Å². The van der Waals surface area contributed by atoms with Crippen LogP contribution in [0, 0.1) is 11.8 Å². The van der Waals surface area contributed by atoms with Crippen molar-refractivity contribution in [2.45, 2.75) is 37.8 Å². The molecule has 4 atom stereocenters. The Kier molecular flexibility index (Phi) is 6.26. The van der Waals surface area contributed by atoms with E-state index < -0.39 is 0 Å². The number of carbonyl (C=O) groups excluding carboxylic acids is 2. The molecule has 5 nitrogen and oxygen atoms in total. The van der Waals surface area contributed by atoms with Gasteiger partial charge in [0.1, 0.15) is 6.04 Å². The molecule has 2 amide bonds. The summed E-state index contributed by atoms with van der Waals surface area (Å²) in [6, 6.07) is 4.68. The van der Waals surface area contributed by atoms with Crippen LogP contribution in [0.5, 0.6) is 0 Å². The van der Waals surface area contributed by atoms with Crippen molar-refractivity contribution in [1.29, 1.82) is 0 Å². The van der Waals surface area contributed by atoms with Gasteiger partial charge < -0.3 is 15.5 Å². The van der Waals surface area contributed by atoms with E-state index >= 15 is 0 Å². The van der Waals surface area contributed by atoms with Gasteiger partial charge in [-0.2, -0.15) is 0 Å². The summed E-state index contributed by atoms with van der Waals surface area (Å²) in [6.45, 7) is 2.11. The lowest BCUT2D eigenvalue weighted by atomic mass is 9.98. The van der Waals surface area contributed by atoms with Crippen LogP contribution >= 0.6 is 35.6 Å². The molecule has 0 radical (unpaired) electrons. The predicted octanol–water partition coefficient (Wildman–Crippen LogP) is 3.22. The van der Waals surface area contributed by atoms with Crippen LogP contribution in [0.4, 0.5) is 0 Å². The van der Waals surface area contributed by atoms with E-state index in [1.54, 1.807) is 23.1 Å². The number of likely N-dealkylation sites (tertiary alicyclic amines) is 2. The van der Waals surface area contributed by atoms with Crippen LogP contribution in [0.1, 0.15) is 36.0 Å². The number of benzene rings is 1. The van der Waals surface area contributed by atoms with Gasteiger partial charge >= 0.3 is 0 Å². The lowest BCUT2D eigenvalue weighted by Crippen LogP contribution is -2.47. The van der Waals surface area contributed by atoms with Crippen molar-refractivity contribution in [3.05, 3.63) is 33.8 Å². The highest BCUT2D eigenvalue weighted by atomic mass is 35.5. The Hall–Kier alpha value is -1.01. The van der Waals surface area contributed by atoms with Crippen molar-refractivity contribution in [2.24, 2.45) is 17.6 Å². The molecule has 148 valence electrons. The van der Waals surface area contributed by atoms with Gasteiger partial charge in [-0.25, -0.2) is 0 Å². The summed E-state index contributed by atoms with van der Waals surface area (Å²) in [5.74, 6) is 0.849. The lowest BCUT2D eigenvalue weighted by molar-refractivity contribution is -0.134. The van der Waals surface area contributed by atoms with Crippen LogP contribution in [0.3, 0.4) is 0 Å². The van der Waals surface area contributed by atoms with E-state index in [0.717, 1.165) is 32.4 Å². The third-order valence-corrected chi connectivity index (χ3v) is 6.93. The SMILES string of the molecule is Cl.NC1CCC2CN(C(=O)C3CCCN3C(=O)c3ccc(Cl)c(Cl)c3)CC12. The van der Waals surface area contributed by atoms with Crippen LogP contribution in [0.15, 0.2) is 18.2 Å². The van der Waals surface area contributed by atoms with E-state index in [1.807, 2.05) is 4.90 Å². The molecule has 1 saturated carbocycles. The molecule has 3 aliphatic rings. The Balaban J connectivity index is 0.00000210. The zero-order valence-electron chi connectivity index (χ0n) is 14.9. The largest absolute Gasteiger partial charge is 0.340 e. The molecule has 2 heterocycles. The lowest BCUT2D eigenvalue weighted by Gasteiger charge is -2.28. The molecule has 27 heavy (non-hydrogen) atoms. The number of rotatable bonds is 2. The minimum Gasteiger partial charge on any atom is -0.340 e. The first-order chi connectivity index (χ1) is 12.5. The van der Waals surface area contributed by atoms with Gasteiger partial charge in [-0.3, -0.25) is 9.59 Å². The second-order valence-corrected chi connectivity index (χ2v) is 8.51. The van der Waals surface area contributed by atoms with Crippen molar-refractivity contribution in [3.63, 3.8) is 0 Å². The number of carbonyl (C=O) groups is 2. The maximum absolute atomic E-state index is 13.1. The minimum absolute atomic E-state index is 0. The molecule has 1 aromatic carbocycles. The number of fused-ring (bicyclic) bond motifs is 1. The standard InChI is InChI=1S/C19H23Cl2N3O2.ClH/c20-14-5-3-11(8-15(14)21)18(25)24-7-1-2-17(24)19(26)23-9-12-4-6-16(22)13(12)10-23;/h3,5,8,12-13,16-17H,1-2,4,6-7,9-10,22H2;1H. The van der Waals surface area contributed by atoms with Crippen LogP contribution in [0.2, 0.25) is 10.0 Å². The highest BCUT2D eigenvalue weighted by molar-refractivity contribution is 6.42. The Morgan fingerprint density at radius 3 is 2.56 bits per heavy atom. The van der Waals surface area contributed by atoms with E-state index in [9.17, 15) is 9.59 Å². The summed E-state index contributed by atoms with van der Waals surface area (Å²) in [5.41, 5.74) is 6.66. The van der Waals surface area contributed by atoms with Crippen molar-refractivity contribution in [3.8, 4) is 0 Å². The molecule has 0 bridgehead atoms. The molecular formula is C19H24Cl3N3O2. The minimum atomic E-state index is -0.382. The Labute approximate surface area is 175 Å². The fraction of sp³-hybridized carbons (Fsp3) is 0.579. The molecule has 2 saturated heterocycles. The van der Waals surface area contributed by atoms with Crippen molar-refractivity contribution < 1.29 is 9.59 Å². The van der Waals surface area contributed by atoms with Crippen molar-refractivity contribution in [1.82, 2.24) is 9.80 Å². The Morgan fingerprint density at radius 1 is 1.07 bits per heavy atom. The van der Waals surface area contributed by atoms with Gasteiger partial charge in [0.2, 0.25) is 5.91 Å². The highest BCUT2D eigenvalue weighted by Crippen LogP contribution is 2.38. The summed E-state index contributed by atoms with van der Waals surface area (Å²) in [5, 5.41) is 0.762. The van der Waals surface area contributed by atoms with Crippen LogP contribution in [-0.4, -0.2) is 53.3 Å². The normalized spacial score (nSPS) is 29.6. The van der Waals surface area contributed by atoms with E-state index in [1.165, 1.54) is 0 Å². The number of nitrogens with two attached hydrogens (primary N) is 1. The number of halogens is 3. The molecule has 2 aliphatic heterocycles. The summed E-state index contributed by atoms with van der Waals surface area (Å²) in [4.78, 5) is 29.6. The van der Waals surface area contributed by atoms with Gasteiger partial charge in [-0.1, -0.05) is 23.2 Å². The average Bonchev–Trinajstić information content (AvgIpc) is 3.33. The first kappa shape index (κ1) is 20.7. The fourth-order valence-corrected chi connectivity index (χ4v) is 5.06. The molecule has 0 aromatic heterocycles. The average molecular weight is 433 g/mol. The highest BCUT2D eigenvalue weighted by Gasteiger charge is 2.45. The summed E-state index contributed by atoms with van der Waals surface area (Å²) < 4.78 is 0. The second-order valence-electron chi connectivity index (χ2n) is 7.69. The second kappa shape index (κ2) is 8.16. The maximum atomic E-state index is 13.1. The van der Waals surface area contributed by atoms with Crippen molar-refractivity contribution in [2.75, 3.05) is 19.6 Å². The van der Waals surface area contributed by atoms with Gasteiger partial charge in [-0.05, 0) is 55.7 Å². The van der Waals surface area contributed by atoms with Gasteiger partial charge in [-0.15, -0.1) is 12.4 Å². The Morgan fingerprint density at radius 2 is 1.85 bits per heavy atom. The zero-order chi connectivity index (χ0) is 18.4. The predicted molar refractivity (Wildman–Crippen MR) is 109 cm³/mol. The summed E-state index contributed by atoms with van der Waals surface area (Å²) in [6.07, 6.45) is 3.71. The molecule has 2 N–H and O–H groups in total. The van der Waals surface area contributed by atoms with E-state index in [2.05, 4.69) is 0 Å². The molecule has 1 aliphatic carbocycles. The first-order valence-corrected chi connectivity index (χ1v) is 10.0. The molecule has 3 fully saturated rings. The smallest absolute Gasteiger partial charge is 0.254 e. The molecule has 4 rings (SSSR count). The van der Waals surface area contributed by atoms with Crippen molar-refractivity contribution >= 4 is 47.4 Å². The number of amides is 2. The maximum Gasteiger partial charge on any atom is 0.254 e. The molecular weight excluding hydrogens is 409 g/mol. The third-order valence-electron chi connectivity index (χ3n) is 6.19. The van der Waals surface area contributed by atoms with Gasteiger partial charge in [0.15, 0.2) is 0 Å². The molecule has 4 unspecified atom stereocenters. The molecule has 8 heteroatoms. The van der Waals surface area contributed by atoms with Gasteiger partial charge in [0, 0.05) is 31.2 Å². The third kappa shape index (κ3) is 3.80. The monoisotopic (exact) mass is 431 g/mol. The molecule has 1 aromatic rings. The quantitative estimate of drug-likeness (QED) is 0.780. The summed E-state index contributed by atoms with van der Waals surface area (Å²) in [7, 11) is 0. The summed E-state index contributed by atoms with van der Waals surface area (Å²) >= 11 is 12.0. The van der Waals surface area contributed by atoms with Crippen LogP contribution < -0.4 is 5.73 Å². The fourth-order valence-electron chi connectivity index (χ4n) is 4.76. The Bertz CT molecular complexity index is 745. The van der Waals surface area contributed by atoms with Crippen LogP contribution in [0.25, 0.3) is 0 Å². The number of hydrogen-bond donors (Lipinski definition) is 1. The molecule has 0 spiro atoms. The van der Waals surface area contributed by atoms with Gasteiger partial charge in [0.25, 0.3) is 5.91 Å². The van der Waals surface area contributed by atoms with Gasteiger partial charge in [0.05, 0.1) is 10.0 Å².